The first-order valence-corrected chi connectivity index (χ1v) is 7.13. The van der Waals surface area contributed by atoms with E-state index < -0.39 is 0 Å². The van der Waals surface area contributed by atoms with Crippen molar-refractivity contribution in [2.45, 2.75) is 39.7 Å². The molecule has 0 saturated heterocycles. The molecule has 0 spiro atoms. The Morgan fingerprint density at radius 3 is 2.62 bits per heavy atom. The Hall–Kier alpha value is -1.68. The average Bonchev–Trinajstić information content (AvgIpc) is 2.38. The van der Waals surface area contributed by atoms with Crippen molar-refractivity contribution >= 4 is 12.0 Å². The van der Waals surface area contributed by atoms with E-state index >= 15 is 0 Å². The van der Waals surface area contributed by atoms with Gasteiger partial charge in [0.1, 0.15) is 5.82 Å². The van der Waals surface area contributed by atoms with Crippen LogP contribution in [0.1, 0.15) is 39.2 Å². The molecular weight excluding hydrogens is 269 g/mol. The van der Waals surface area contributed by atoms with Gasteiger partial charge in [0.15, 0.2) is 0 Å². The van der Waals surface area contributed by atoms with E-state index in [2.05, 4.69) is 26.1 Å². The summed E-state index contributed by atoms with van der Waals surface area (Å²) in [6.07, 6.45) is 4.08. The highest BCUT2D eigenvalue weighted by Crippen LogP contribution is 2.20. The molecule has 0 bridgehead atoms. The van der Waals surface area contributed by atoms with Gasteiger partial charge in [-0.2, -0.15) is 0 Å². The maximum Gasteiger partial charge on any atom is 0.224 e. The molecule has 1 aromatic rings. The molecule has 0 aliphatic heterocycles. The topological polar surface area (TPSA) is 49.3 Å². The van der Waals surface area contributed by atoms with Crippen LogP contribution >= 0.6 is 0 Å². The lowest BCUT2D eigenvalue weighted by molar-refractivity contribution is -0.121. The van der Waals surface area contributed by atoms with Gasteiger partial charge in [0.2, 0.25) is 5.91 Å². The average molecular weight is 293 g/mol. The number of amides is 1. The van der Waals surface area contributed by atoms with Gasteiger partial charge >= 0.3 is 0 Å². The Labute approximate surface area is 125 Å². The van der Waals surface area contributed by atoms with Crippen molar-refractivity contribution in [3.05, 3.63) is 41.7 Å². The lowest BCUT2D eigenvalue weighted by atomic mass is 9.88. The van der Waals surface area contributed by atoms with Gasteiger partial charge in [0.05, 0.1) is 12.6 Å². The standard InChI is InChI=1S/C17H24FNO2/c1-17(2,3)11-14(12-20)19-16(21)10-6-8-13-7-4-5-9-15(13)18/h4-9,14,20H,10-12H2,1-3H3,(H,19,21)/b8-6+. The molecule has 0 fully saturated rings. The number of halogens is 1. The Morgan fingerprint density at radius 2 is 2.05 bits per heavy atom. The number of rotatable bonds is 6. The minimum Gasteiger partial charge on any atom is -0.394 e. The van der Waals surface area contributed by atoms with Crippen molar-refractivity contribution in [1.82, 2.24) is 5.32 Å². The summed E-state index contributed by atoms with van der Waals surface area (Å²) in [6.45, 7) is 6.08. The van der Waals surface area contributed by atoms with Gasteiger partial charge in [-0.15, -0.1) is 0 Å². The van der Waals surface area contributed by atoms with Crippen LogP contribution in [0.2, 0.25) is 0 Å². The largest absolute Gasteiger partial charge is 0.394 e. The van der Waals surface area contributed by atoms with Gasteiger partial charge in [-0.1, -0.05) is 51.1 Å². The van der Waals surface area contributed by atoms with Gasteiger partial charge in [-0.25, -0.2) is 4.39 Å². The molecule has 0 radical (unpaired) electrons. The highest BCUT2D eigenvalue weighted by molar-refractivity contribution is 5.78. The van der Waals surface area contributed by atoms with E-state index in [1.54, 1.807) is 30.4 Å². The second-order valence-corrected chi connectivity index (χ2v) is 6.34. The number of carbonyl (C=O) groups is 1. The van der Waals surface area contributed by atoms with Crippen LogP contribution in [0.5, 0.6) is 0 Å². The predicted octanol–water partition coefficient (Wildman–Crippen LogP) is 3.14. The zero-order chi connectivity index (χ0) is 15.9. The zero-order valence-electron chi connectivity index (χ0n) is 12.9. The number of hydrogen-bond acceptors (Lipinski definition) is 2. The van der Waals surface area contributed by atoms with Gasteiger partial charge in [-0.3, -0.25) is 4.79 Å². The molecule has 1 amide bonds. The van der Waals surface area contributed by atoms with Gasteiger partial charge in [0, 0.05) is 12.0 Å². The van der Waals surface area contributed by atoms with Gasteiger partial charge in [0.25, 0.3) is 0 Å². The van der Waals surface area contributed by atoms with Crippen molar-refractivity contribution in [2.75, 3.05) is 6.61 Å². The molecule has 116 valence electrons. The summed E-state index contributed by atoms with van der Waals surface area (Å²) < 4.78 is 13.4. The summed E-state index contributed by atoms with van der Waals surface area (Å²) in [5.74, 6) is -0.485. The fraction of sp³-hybridized carbons (Fsp3) is 0.471. The van der Waals surface area contributed by atoms with Crippen LogP contribution in [0.25, 0.3) is 6.08 Å². The second kappa shape index (κ2) is 7.93. The minimum atomic E-state index is -0.310. The highest BCUT2D eigenvalue weighted by Gasteiger charge is 2.19. The van der Waals surface area contributed by atoms with E-state index in [1.807, 2.05) is 0 Å². The monoisotopic (exact) mass is 293 g/mol. The summed E-state index contributed by atoms with van der Waals surface area (Å²) in [5.41, 5.74) is 0.489. The molecule has 0 aromatic heterocycles. The molecule has 3 nitrogen and oxygen atoms in total. The number of benzene rings is 1. The number of hydrogen-bond donors (Lipinski definition) is 2. The summed E-state index contributed by atoms with van der Waals surface area (Å²) >= 11 is 0. The van der Waals surface area contributed by atoms with E-state index in [0.717, 1.165) is 0 Å². The first-order valence-electron chi connectivity index (χ1n) is 7.13. The second-order valence-electron chi connectivity index (χ2n) is 6.34. The SMILES string of the molecule is CC(C)(C)CC(CO)NC(=O)C/C=C/c1ccccc1F. The molecule has 1 unspecified atom stereocenters. The molecule has 0 saturated carbocycles. The van der Waals surface area contributed by atoms with Crippen LogP contribution in [-0.4, -0.2) is 23.7 Å². The molecule has 1 aromatic carbocycles. The highest BCUT2D eigenvalue weighted by atomic mass is 19.1. The van der Waals surface area contributed by atoms with E-state index in [9.17, 15) is 14.3 Å². The maximum absolute atomic E-state index is 13.4. The van der Waals surface area contributed by atoms with Crippen molar-refractivity contribution in [2.24, 2.45) is 5.41 Å². The summed E-state index contributed by atoms with van der Waals surface area (Å²) in [7, 11) is 0. The van der Waals surface area contributed by atoms with Crippen molar-refractivity contribution < 1.29 is 14.3 Å². The zero-order valence-corrected chi connectivity index (χ0v) is 12.9. The van der Waals surface area contributed by atoms with E-state index in [1.165, 1.54) is 6.07 Å². The van der Waals surface area contributed by atoms with Crippen LogP contribution in [0.3, 0.4) is 0 Å². The molecular formula is C17H24FNO2. The molecule has 1 atom stereocenters. The molecule has 0 heterocycles. The smallest absolute Gasteiger partial charge is 0.224 e. The minimum absolute atomic E-state index is 0.0314. The fourth-order valence-corrected chi connectivity index (χ4v) is 2.09. The molecule has 1 rings (SSSR count). The number of aliphatic hydroxyl groups excluding tert-OH is 1. The van der Waals surface area contributed by atoms with Crippen molar-refractivity contribution in [3.8, 4) is 0 Å². The van der Waals surface area contributed by atoms with E-state index in [4.69, 9.17) is 0 Å². The summed E-state index contributed by atoms with van der Waals surface area (Å²) in [4.78, 5) is 11.8. The fourth-order valence-electron chi connectivity index (χ4n) is 2.09. The van der Waals surface area contributed by atoms with Gasteiger partial charge in [-0.05, 0) is 17.9 Å². The predicted molar refractivity (Wildman–Crippen MR) is 83.1 cm³/mol. The van der Waals surface area contributed by atoms with Crippen molar-refractivity contribution in [1.29, 1.82) is 0 Å². The Bertz CT molecular complexity index is 492. The first-order chi connectivity index (χ1) is 9.81. The van der Waals surface area contributed by atoms with E-state index in [0.29, 0.717) is 12.0 Å². The molecule has 2 N–H and O–H groups in total. The first kappa shape index (κ1) is 17.4. The van der Waals surface area contributed by atoms with Crippen molar-refractivity contribution in [3.63, 3.8) is 0 Å². The molecule has 21 heavy (non-hydrogen) atoms. The normalized spacial score (nSPS) is 13.4. The Kier molecular flexibility index (Phi) is 6.56. The van der Waals surface area contributed by atoms with E-state index in [-0.39, 0.29) is 36.2 Å². The lowest BCUT2D eigenvalue weighted by Gasteiger charge is -2.25. The third-order valence-corrected chi connectivity index (χ3v) is 2.95. The number of aliphatic hydroxyl groups is 1. The summed E-state index contributed by atoms with van der Waals surface area (Å²) in [5, 5.41) is 12.1. The third-order valence-electron chi connectivity index (χ3n) is 2.95. The third kappa shape index (κ3) is 7.04. The lowest BCUT2D eigenvalue weighted by Crippen LogP contribution is -2.39. The maximum atomic E-state index is 13.4. The van der Waals surface area contributed by atoms with Crippen LogP contribution in [0, 0.1) is 11.2 Å². The summed E-state index contributed by atoms with van der Waals surface area (Å²) in [6, 6.07) is 6.15. The Morgan fingerprint density at radius 1 is 1.38 bits per heavy atom. The number of carbonyl (C=O) groups excluding carboxylic acids is 1. The molecule has 0 aliphatic carbocycles. The number of nitrogens with one attached hydrogen (secondary N) is 1. The molecule has 0 aliphatic rings. The van der Waals surface area contributed by atoms with Crippen LogP contribution in [0.15, 0.2) is 30.3 Å². The van der Waals surface area contributed by atoms with Crippen LogP contribution < -0.4 is 5.32 Å². The van der Waals surface area contributed by atoms with Gasteiger partial charge < -0.3 is 10.4 Å². The van der Waals surface area contributed by atoms with Crippen LogP contribution in [-0.2, 0) is 4.79 Å². The Balaban J connectivity index is 2.48. The van der Waals surface area contributed by atoms with Crippen LogP contribution in [0.4, 0.5) is 4.39 Å². The quantitative estimate of drug-likeness (QED) is 0.846. The molecule has 4 heteroatoms.